The number of nitrogens with zero attached hydrogens (tertiary/aromatic N) is 1. The highest BCUT2D eigenvalue weighted by Crippen LogP contribution is 2.23. The van der Waals surface area contributed by atoms with Crippen molar-refractivity contribution in [1.82, 2.24) is 0 Å². The molecule has 1 fully saturated rings. The van der Waals surface area contributed by atoms with Gasteiger partial charge in [0.2, 0.25) is 0 Å². The minimum Gasteiger partial charge on any atom is -0.387 e. The van der Waals surface area contributed by atoms with Crippen LogP contribution in [0.4, 0.5) is 0 Å². The molecule has 0 amide bonds. The van der Waals surface area contributed by atoms with E-state index in [1.54, 1.807) is 0 Å². The second kappa shape index (κ2) is 30.8. The molecule has 8 nitrogen and oxygen atoms in total. The van der Waals surface area contributed by atoms with Gasteiger partial charge in [-0.2, -0.15) is 0 Å². The first-order chi connectivity index (χ1) is 23.7. The summed E-state index contributed by atoms with van der Waals surface area (Å²) in [5.41, 5.74) is 0. The predicted molar refractivity (Wildman–Crippen MR) is 203 cm³/mol. The summed E-state index contributed by atoms with van der Waals surface area (Å²) < 4.78 is 18.0. The Balaban J connectivity index is 2.15. The first kappa shape index (κ1) is 46.2. The summed E-state index contributed by atoms with van der Waals surface area (Å²) in [5, 5.41) is 41.9. The minimum absolute atomic E-state index is 0.00131. The molecule has 0 aromatic heterocycles. The summed E-state index contributed by atoms with van der Waals surface area (Å²) in [6.07, 6.45) is 29.6. The Morgan fingerprint density at radius 3 is 1.76 bits per heavy atom. The average molecular weight is 699 g/mol. The Bertz CT molecular complexity index is 792. The van der Waals surface area contributed by atoms with E-state index in [1.165, 1.54) is 103 Å². The molecule has 0 aromatic carbocycles. The van der Waals surface area contributed by atoms with Crippen molar-refractivity contribution in [3.8, 4) is 0 Å². The predicted octanol–water partition coefficient (Wildman–Crippen LogP) is 8.00. The number of quaternary nitrogens is 1. The molecule has 1 heterocycles. The Kier molecular flexibility index (Phi) is 29.0. The highest BCUT2D eigenvalue weighted by atomic mass is 16.7. The number of rotatable bonds is 33. The molecular weight excluding hydrogens is 618 g/mol. The number of allylic oxidation sites excluding steroid dienone is 4. The van der Waals surface area contributed by atoms with Crippen LogP contribution in [-0.4, -0.2) is 109 Å². The normalized spacial score (nSPS) is 22.5. The zero-order valence-corrected chi connectivity index (χ0v) is 32.3. The number of likely N-dealkylation sites (N-methyl/N-ethyl adjacent to an activating group) is 1. The number of aliphatic hydroxyl groups is 4. The first-order valence-corrected chi connectivity index (χ1v) is 20.4. The fourth-order valence-corrected chi connectivity index (χ4v) is 6.54. The molecule has 0 bridgehead atoms. The minimum atomic E-state index is -1.38. The van der Waals surface area contributed by atoms with E-state index >= 15 is 0 Å². The summed E-state index contributed by atoms with van der Waals surface area (Å²) in [6.45, 7) is 6.61. The average Bonchev–Trinajstić information content (AvgIpc) is 3.07. The number of unbranched alkanes of at least 4 members (excludes halogenated alkanes) is 18. The van der Waals surface area contributed by atoms with Gasteiger partial charge in [-0.05, 0) is 51.4 Å². The summed E-state index contributed by atoms with van der Waals surface area (Å²) in [4.78, 5) is 0. The molecule has 0 radical (unpaired) electrons. The molecule has 4 N–H and O–H groups in total. The third-order valence-electron chi connectivity index (χ3n) is 9.71. The van der Waals surface area contributed by atoms with E-state index in [1.807, 2.05) is 0 Å². The summed E-state index contributed by atoms with van der Waals surface area (Å²) >= 11 is 0. The molecule has 0 spiro atoms. The zero-order valence-electron chi connectivity index (χ0n) is 32.3. The Morgan fingerprint density at radius 1 is 0.633 bits per heavy atom. The van der Waals surface area contributed by atoms with Gasteiger partial charge in [0, 0.05) is 6.61 Å². The molecule has 0 aromatic rings. The van der Waals surface area contributed by atoms with Gasteiger partial charge in [-0.25, -0.2) is 0 Å². The van der Waals surface area contributed by atoms with Crippen LogP contribution in [0.25, 0.3) is 0 Å². The van der Waals surface area contributed by atoms with E-state index < -0.39 is 36.8 Å². The summed E-state index contributed by atoms with van der Waals surface area (Å²) in [6, 6.07) is 0. The molecule has 1 rings (SSSR count). The smallest absolute Gasteiger partial charge is 0.186 e. The van der Waals surface area contributed by atoms with Gasteiger partial charge in [0.15, 0.2) is 6.29 Å². The number of hydrogen-bond donors (Lipinski definition) is 4. The second-order valence-corrected chi connectivity index (χ2v) is 15.2. The van der Waals surface area contributed by atoms with Crippen LogP contribution in [0.2, 0.25) is 0 Å². The van der Waals surface area contributed by atoms with E-state index in [0.29, 0.717) is 13.2 Å². The van der Waals surface area contributed by atoms with E-state index in [-0.39, 0.29) is 13.2 Å². The summed E-state index contributed by atoms with van der Waals surface area (Å²) in [7, 11) is 4.28. The molecule has 6 atom stereocenters. The number of aliphatic hydroxyl groups excluding tert-OH is 4. The van der Waals surface area contributed by atoms with Crippen molar-refractivity contribution in [2.75, 3.05) is 47.0 Å². The van der Waals surface area contributed by atoms with E-state index in [0.717, 1.165) is 49.6 Å². The van der Waals surface area contributed by atoms with Gasteiger partial charge in [0.05, 0.1) is 33.9 Å². The molecule has 1 unspecified atom stereocenters. The highest BCUT2D eigenvalue weighted by Gasteiger charge is 2.44. The maximum atomic E-state index is 10.6. The maximum Gasteiger partial charge on any atom is 0.186 e. The Labute approximate surface area is 301 Å². The molecule has 49 heavy (non-hydrogen) atoms. The lowest BCUT2D eigenvalue weighted by molar-refractivity contribution is -0.893. The summed E-state index contributed by atoms with van der Waals surface area (Å²) in [5.74, 6) is 0. The van der Waals surface area contributed by atoms with Gasteiger partial charge in [-0.3, -0.25) is 0 Å². The van der Waals surface area contributed by atoms with Crippen molar-refractivity contribution in [3.05, 3.63) is 24.3 Å². The van der Waals surface area contributed by atoms with Crippen molar-refractivity contribution in [2.45, 2.75) is 192 Å². The zero-order chi connectivity index (χ0) is 36.0. The first-order valence-electron chi connectivity index (χ1n) is 20.4. The van der Waals surface area contributed by atoms with Crippen LogP contribution in [-0.2, 0) is 14.2 Å². The topological polar surface area (TPSA) is 109 Å². The highest BCUT2D eigenvalue weighted by molar-refractivity contribution is 4.92. The van der Waals surface area contributed by atoms with Gasteiger partial charge in [-0.1, -0.05) is 128 Å². The molecule has 1 saturated heterocycles. The molecule has 8 heteroatoms. The van der Waals surface area contributed by atoms with Gasteiger partial charge < -0.3 is 39.1 Å². The van der Waals surface area contributed by atoms with Crippen LogP contribution in [0.3, 0.4) is 0 Å². The van der Waals surface area contributed by atoms with Crippen LogP contribution in [0.5, 0.6) is 0 Å². The van der Waals surface area contributed by atoms with E-state index in [4.69, 9.17) is 14.2 Å². The van der Waals surface area contributed by atoms with Crippen molar-refractivity contribution >= 4 is 0 Å². The third kappa shape index (κ3) is 24.9. The number of ether oxygens (including phenoxy) is 3. The Morgan fingerprint density at radius 2 is 1.14 bits per heavy atom. The largest absolute Gasteiger partial charge is 0.387 e. The number of hydrogen-bond acceptors (Lipinski definition) is 7. The standard InChI is InChI=1S/C41H80NO7/c1-5-7-9-11-13-15-17-18-19-20-21-22-24-26-28-30-32-48-41-40(46)39(45)38(44)37(49-41)35-47-34-36(43)33-42(3,4)31-29-27-25-23-16-14-12-10-8-6-2/h13,15,18-19,36-41,43-46H,5-12,14,16-17,20-35H2,1-4H3/q+1/b15-13-,19-18-/t36?,37-,38-,39+,40-,41-/m1/s1. The quantitative estimate of drug-likeness (QED) is 0.0313. The fraction of sp³-hybridized carbons (Fsp3) is 0.902. The molecule has 1 aliphatic rings. The Hall–Kier alpha value is -0.840. The molecule has 290 valence electrons. The van der Waals surface area contributed by atoms with Gasteiger partial charge in [-0.15, -0.1) is 0 Å². The van der Waals surface area contributed by atoms with Crippen molar-refractivity contribution in [1.29, 1.82) is 0 Å². The lowest BCUT2D eigenvalue weighted by atomic mass is 9.99. The van der Waals surface area contributed by atoms with Crippen LogP contribution >= 0.6 is 0 Å². The molecule has 0 saturated carbocycles. The lowest BCUT2D eigenvalue weighted by Gasteiger charge is -2.40. The van der Waals surface area contributed by atoms with Crippen molar-refractivity contribution in [2.24, 2.45) is 0 Å². The van der Waals surface area contributed by atoms with Gasteiger partial charge >= 0.3 is 0 Å². The third-order valence-corrected chi connectivity index (χ3v) is 9.71. The molecule has 1 aliphatic heterocycles. The molecular formula is C41H80NO7+. The van der Waals surface area contributed by atoms with Crippen LogP contribution in [0.1, 0.15) is 155 Å². The SMILES string of the molecule is CCCCC/C=C\C/C=C\CCCCCCCCO[C@@H]1O[C@H](COCC(O)C[N+](C)(C)CCCCCCCCCCCC)[C@@H](O)[C@H](O)[C@H]1O. The second-order valence-electron chi connectivity index (χ2n) is 15.2. The maximum absolute atomic E-state index is 10.6. The van der Waals surface area contributed by atoms with Crippen LogP contribution < -0.4 is 0 Å². The molecule has 0 aliphatic carbocycles. The van der Waals surface area contributed by atoms with Gasteiger partial charge in [0.1, 0.15) is 37.1 Å². The van der Waals surface area contributed by atoms with Crippen LogP contribution in [0.15, 0.2) is 24.3 Å². The van der Waals surface area contributed by atoms with Crippen LogP contribution in [0, 0.1) is 0 Å². The van der Waals surface area contributed by atoms with E-state index in [2.05, 4.69) is 52.2 Å². The van der Waals surface area contributed by atoms with E-state index in [9.17, 15) is 20.4 Å². The van der Waals surface area contributed by atoms with Crippen molar-refractivity contribution < 1.29 is 39.1 Å². The lowest BCUT2D eigenvalue weighted by Crippen LogP contribution is -2.59. The van der Waals surface area contributed by atoms with Gasteiger partial charge in [0.25, 0.3) is 0 Å². The monoisotopic (exact) mass is 699 g/mol. The van der Waals surface area contributed by atoms with Crippen molar-refractivity contribution in [3.63, 3.8) is 0 Å². The fourth-order valence-electron chi connectivity index (χ4n) is 6.54.